The molecule has 5 rings (SSSR count). The van der Waals surface area contributed by atoms with E-state index in [1.807, 2.05) is 50.2 Å². The molecule has 1 aromatic heterocycles. The normalized spacial score (nSPS) is 11.6. The molecule has 192 valence electrons. The lowest BCUT2D eigenvalue weighted by Gasteiger charge is -2.15. The molecule has 0 saturated heterocycles. The van der Waals surface area contributed by atoms with Crippen molar-refractivity contribution in [2.45, 2.75) is 26.4 Å². The first-order chi connectivity index (χ1) is 18.4. The van der Waals surface area contributed by atoms with E-state index in [1.165, 1.54) is 4.68 Å². The molecule has 8 heteroatoms. The first-order valence-corrected chi connectivity index (χ1v) is 13.3. The average molecular weight is 591 g/mol. The third-order valence-corrected chi connectivity index (χ3v) is 6.95. The second-order valence-corrected chi connectivity index (χ2v) is 10.4. The summed E-state index contributed by atoms with van der Waals surface area (Å²) >= 11 is 10.1. The molecule has 0 N–H and O–H groups in total. The van der Waals surface area contributed by atoms with Gasteiger partial charge < -0.3 is 9.47 Å². The largest absolute Gasteiger partial charge is 0.493 e. The third-order valence-electron chi connectivity index (χ3n) is 6.18. The van der Waals surface area contributed by atoms with E-state index in [9.17, 15) is 4.79 Å². The summed E-state index contributed by atoms with van der Waals surface area (Å²) < 4.78 is 13.9. The monoisotopic (exact) mass is 589 g/mol. The molecule has 4 aromatic carbocycles. The molecule has 0 fully saturated rings. The summed E-state index contributed by atoms with van der Waals surface area (Å²) in [6.45, 7) is 4.28. The standard InChI is InChI=1S/C30H25BrClN3O3/c1-18(2)29-34-26-12-11-22(31)15-24(26)30(36)35(29)33-16-19-13-25(32)28(27(14-19)37-3)38-17-21-9-6-8-20-7-4-5-10-23(20)21/h4-16,18H,17H2,1-3H3. The maximum atomic E-state index is 13.3. The van der Waals surface area contributed by atoms with E-state index in [4.69, 9.17) is 21.1 Å². The quantitative estimate of drug-likeness (QED) is 0.184. The predicted octanol–water partition coefficient (Wildman–Crippen LogP) is 7.56. The molecular formula is C30H25BrClN3O3. The summed E-state index contributed by atoms with van der Waals surface area (Å²) in [5, 5.41) is 7.62. The van der Waals surface area contributed by atoms with Crippen molar-refractivity contribution in [1.82, 2.24) is 9.66 Å². The van der Waals surface area contributed by atoms with Crippen LogP contribution in [0.15, 0.2) is 87.2 Å². The second kappa shape index (κ2) is 11.0. The van der Waals surface area contributed by atoms with Gasteiger partial charge in [0.1, 0.15) is 12.4 Å². The summed E-state index contributed by atoms with van der Waals surface area (Å²) in [7, 11) is 1.56. The van der Waals surface area contributed by atoms with Crippen LogP contribution in [-0.2, 0) is 6.61 Å². The second-order valence-electron chi connectivity index (χ2n) is 9.11. The van der Waals surface area contributed by atoms with Crippen molar-refractivity contribution >= 4 is 55.4 Å². The Labute approximate surface area is 233 Å². The molecule has 38 heavy (non-hydrogen) atoms. The topological polar surface area (TPSA) is 65.7 Å². The first-order valence-electron chi connectivity index (χ1n) is 12.1. The fraction of sp³-hybridized carbons (Fsp3) is 0.167. The zero-order chi connectivity index (χ0) is 26.8. The molecule has 0 radical (unpaired) electrons. The lowest BCUT2D eigenvalue weighted by molar-refractivity contribution is 0.286. The molecule has 1 heterocycles. The Bertz CT molecular complexity index is 1740. The van der Waals surface area contributed by atoms with E-state index in [1.54, 1.807) is 31.5 Å². The minimum atomic E-state index is -0.246. The average Bonchev–Trinajstić information content (AvgIpc) is 2.91. The van der Waals surface area contributed by atoms with Gasteiger partial charge in [-0.1, -0.05) is 83.8 Å². The summed E-state index contributed by atoms with van der Waals surface area (Å²) in [6.07, 6.45) is 1.57. The van der Waals surface area contributed by atoms with Gasteiger partial charge in [-0.25, -0.2) is 4.98 Å². The highest BCUT2D eigenvalue weighted by Gasteiger charge is 2.15. The number of ether oxygens (including phenoxy) is 2. The van der Waals surface area contributed by atoms with Gasteiger partial charge in [-0.3, -0.25) is 4.79 Å². The van der Waals surface area contributed by atoms with E-state index < -0.39 is 0 Å². The van der Waals surface area contributed by atoms with Crippen molar-refractivity contribution in [2.75, 3.05) is 7.11 Å². The van der Waals surface area contributed by atoms with E-state index in [-0.39, 0.29) is 11.5 Å². The van der Waals surface area contributed by atoms with Gasteiger partial charge in [-0.2, -0.15) is 9.78 Å². The van der Waals surface area contributed by atoms with Crippen LogP contribution in [0.25, 0.3) is 21.7 Å². The van der Waals surface area contributed by atoms with E-state index in [0.717, 1.165) is 20.8 Å². The van der Waals surface area contributed by atoms with Crippen molar-refractivity contribution in [3.05, 3.63) is 110 Å². The highest BCUT2D eigenvalue weighted by molar-refractivity contribution is 9.10. The van der Waals surface area contributed by atoms with Crippen LogP contribution in [0.1, 0.15) is 36.7 Å². The van der Waals surface area contributed by atoms with Crippen molar-refractivity contribution in [1.29, 1.82) is 0 Å². The molecule has 0 aliphatic heterocycles. The Morgan fingerprint density at radius 1 is 1.05 bits per heavy atom. The van der Waals surface area contributed by atoms with Crippen LogP contribution in [0, 0.1) is 0 Å². The number of rotatable bonds is 7. The Hall–Kier alpha value is -3.68. The van der Waals surface area contributed by atoms with Crippen molar-refractivity contribution < 1.29 is 9.47 Å². The van der Waals surface area contributed by atoms with Gasteiger partial charge in [0, 0.05) is 10.4 Å². The predicted molar refractivity (Wildman–Crippen MR) is 157 cm³/mol. The van der Waals surface area contributed by atoms with Gasteiger partial charge in [0.05, 0.1) is 29.2 Å². The van der Waals surface area contributed by atoms with Crippen molar-refractivity contribution in [2.24, 2.45) is 5.10 Å². The number of benzene rings is 4. The maximum Gasteiger partial charge on any atom is 0.282 e. The van der Waals surface area contributed by atoms with Crippen molar-refractivity contribution in [3.8, 4) is 11.5 Å². The highest BCUT2D eigenvalue weighted by Crippen LogP contribution is 2.37. The number of nitrogens with zero attached hydrogens (tertiary/aromatic N) is 3. The van der Waals surface area contributed by atoms with E-state index >= 15 is 0 Å². The van der Waals surface area contributed by atoms with Gasteiger partial charge >= 0.3 is 0 Å². The molecule has 0 saturated carbocycles. The molecule has 0 atom stereocenters. The lowest BCUT2D eigenvalue weighted by atomic mass is 10.1. The summed E-state index contributed by atoms with van der Waals surface area (Å²) in [6, 6.07) is 23.2. The van der Waals surface area contributed by atoms with E-state index in [2.05, 4.69) is 44.2 Å². The van der Waals surface area contributed by atoms with Crippen LogP contribution in [0.2, 0.25) is 5.02 Å². The van der Waals surface area contributed by atoms with Crippen LogP contribution < -0.4 is 15.0 Å². The SMILES string of the molecule is COc1cc(C=Nn2c(C(C)C)nc3ccc(Br)cc3c2=O)cc(Cl)c1OCc1cccc2ccccc12. The fourth-order valence-corrected chi connectivity index (χ4v) is 4.93. The zero-order valence-corrected chi connectivity index (χ0v) is 23.5. The first kappa shape index (κ1) is 25.9. The zero-order valence-electron chi connectivity index (χ0n) is 21.1. The molecule has 5 aromatic rings. The molecule has 0 unspecified atom stereocenters. The van der Waals surface area contributed by atoms with Crippen molar-refractivity contribution in [3.63, 3.8) is 0 Å². The molecule has 0 amide bonds. The Balaban J connectivity index is 1.48. The van der Waals surface area contributed by atoms with Gasteiger partial charge in [0.2, 0.25) is 0 Å². The molecule has 0 aliphatic rings. The number of halogens is 2. The molecule has 6 nitrogen and oxygen atoms in total. The van der Waals surface area contributed by atoms with Crippen LogP contribution in [0.3, 0.4) is 0 Å². The van der Waals surface area contributed by atoms with Crippen LogP contribution in [-0.4, -0.2) is 23.0 Å². The Morgan fingerprint density at radius 2 is 1.84 bits per heavy atom. The maximum absolute atomic E-state index is 13.3. The molecule has 0 spiro atoms. The Morgan fingerprint density at radius 3 is 2.63 bits per heavy atom. The summed E-state index contributed by atoms with van der Waals surface area (Å²) in [5.74, 6) is 1.46. The smallest absolute Gasteiger partial charge is 0.282 e. The minimum Gasteiger partial charge on any atom is -0.493 e. The van der Waals surface area contributed by atoms with Crippen LogP contribution >= 0.6 is 27.5 Å². The van der Waals surface area contributed by atoms with Crippen LogP contribution in [0.5, 0.6) is 11.5 Å². The molecule has 0 aliphatic carbocycles. The highest BCUT2D eigenvalue weighted by atomic mass is 79.9. The van der Waals surface area contributed by atoms with E-state index in [0.29, 0.717) is 45.4 Å². The molecular weight excluding hydrogens is 566 g/mol. The molecule has 0 bridgehead atoms. The summed E-state index contributed by atoms with van der Waals surface area (Å²) in [4.78, 5) is 18.0. The number of hydrogen-bond donors (Lipinski definition) is 0. The third kappa shape index (κ3) is 5.17. The minimum absolute atomic E-state index is 0.0177. The summed E-state index contributed by atoms with van der Waals surface area (Å²) in [5.41, 5.74) is 2.08. The number of hydrogen-bond acceptors (Lipinski definition) is 5. The van der Waals surface area contributed by atoms with Gasteiger partial charge in [-0.05, 0) is 52.2 Å². The number of methoxy groups -OCH3 is 1. The fourth-order valence-electron chi connectivity index (χ4n) is 4.30. The lowest BCUT2D eigenvalue weighted by Crippen LogP contribution is -2.23. The number of fused-ring (bicyclic) bond motifs is 2. The van der Waals surface area contributed by atoms with Gasteiger partial charge in [0.25, 0.3) is 5.56 Å². The number of aromatic nitrogens is 2. The van der Waals surface area contributed by atoms with Crippen LogP contribution in [0.4, 0.5) is 0 Å². The van der Waals surface area contributed by atoms with Gasteiger partial charge in [-0.15, -0.1) is 0 Å². The van der Waals surface area contributed by atoms with Gasteiger partial charge in [0.15, 0.2) is 11.5 Å². The Kier molecular flexibility index (Phi) is 7.49.